The van der Waals surface area contributed by atoms with Gasteiger partial charge in [-0.1, -0.05) is 68.0 Å². The molecular formula is C25H27N. The van der Waals surface area contributed by atoms with Crippen molar-refractivity contribution in [3.8, 4) is 0 Å². The number of hydrogen-bond acceptors (Lipinski definition) is 1. The van der Waals surface area contributed by atoms with E-state index in [0.29, 0.717) is 0 Å². The van der Waals surface area contributed by atoms with Gasteiger partial charge in [0.25, 0.3) is 0 Å². The van der Waals surface area contributed by atoms with E-state index in [9.17, 15) is 0 Å². The molecule has 4 rings (SSSR count). The zero-order chi connectivity index (χ0) is 18.8. The highest BCUT2D eigenvalue weighted by molar-refractivity contribution is 5.97. The monoisotopic (exact) mass is 341 g/mol. The van der Waals surface area contributed by atoms with E-state index in [-0.39, 0.29) is 5.41 Å². The quantitative estimate of drug-likeness (QED) is 0.460. The van der Waals surface area contributed by atoms with Crippen LogP contribution in [-0.2, 0) is 5.41 Å². The Bertz CT molecular complexity index is 1050. The van der Waals surface area contributed by atoms with Crippen LogP contribution in [0, 0.1) is 27.7 Å². The van der Waals surface area contributed by atoms with Crippen LogP contribution in [0.1, 0.15) is 41.7 Å². The Morgan fingerprint density at radius 1 is 0.808 bits per heavy atom. The Balaban J connectivity index is 2.06. The number of hydrogen-bond donors (Lipinski definition) is 0. The number of aryl methyl sites for hydroxylation is 4. The van der Waals surface area contributed by atoms with Crippen molar-refractivity contribution in [3.63, 3.8) is 0 Å². The van der Waals surface area contributed by atoms with E-state index < -0.39 is 0 Å². The minimum Gasteiger partial charge on any atom is -0.313 e. The summed E-state index contributed by atoms with van der Waals surface area (Å²) in [5.41, 5.74) is 10.2. The molecule has 26 heavy (non-hydrogen) atoms. The van der Waals surface area contributed by atoms with E-state index in [0.717, 1.165) is 5.70 Å². The number of anilines is 2. The van der Waals surface area contributed by atoms with E-state index in [1.165, 1.54) is 50.0 Å². The maximum Gasteiger partial charge on any atom is 0.0517 e. The third-order valence-electron chi connectivity index (χ3n) is 5.87. The van der Waals surface area contributed by atoms with Crippen molar-refractivity contribution in [2.45, 2.75) is 47.0 Å². The molecule has 0 fully saturated rings. The SMILES string of the molecule is C=C1N(c2c(C)cc(C)cc2C)c2ccc3cc(C)ccc3c2C1(C)C. The topological polar surface area (TPSA) is 3.24 Å². The lowest BCUT2D eigenvalue weighted by Crippen LogP contribution is -2.22. The lowest BCUT2D eigenvalue weighted by molar-refractivity contribution is 0.651. The number of allylic oxidation sites excluding steroid dienone is 1. The fraction of sp³-hybridized carbons (Fsp3) is 0.280. The molecule has 0 saturated heterocycles. The maximum atomic E-state index is 4.53. The van der Waals surface area contributed by atoms with E-state index in [2.05, 4.69) is 95.5 Å². The van der Waals surface area contributed by atoms with Gasteiger partial charge in [0.1, 0.15) is 0 Å². The van der Waals surface area contributed by atoms with Gasteiger partial charge in [-0.3, -0.25) is 0 Å². The summed E-state index contributed by atoms with van der Waals surface area (Å²) >= 11 is 0. The highest BCUT2D eigenvalue weighted by Crippen LogP contribution is 2.54. The highest BCUT2D eigenvalue weighted by atomic mass is 15.2. The second-order valence-corrected chi connectivity index (χ2v) is 8.34. The third-order valence-corrected chi connectivity index (χ3v) is 5.87. The van der Waals surface area contributed by atoms with Crippen molar-refractivity contribution < 1.29 is 0 Å². The van der Waals surface area contributed by atoms with Crippen LogP contribution in [0.5, 0.6) is 0 Å². The standard InChI is InChI=1S/C25H27N/c1-15-8-10-21-20(14-15)9-11-22-23(21)25(6,7)19(5)26(22)24-17(3)12-16(2)13-18(24)4/h8-14H,5H2,1-4,6-7H3. The molecule has 0 bridgehead atoms. The van der Waals surface area contributed by atoms with Gasteiger partial charge in [0, 0.05) is 11.1 Å². The Morgan fingerprint density at radius 2 is 1.46 bits per heavy atom. The number of benzene rings is 3. The first-order valence-corrected chi connectivity index (χ1v) is 9.33. The largest absolute Gasteiger partial charge is 0.313 e. The van der Waals surface area contributed by atoms with Gasteiger partial charge in [0.2, 0.25) is 0 Å². The average molecular weight is 341 g/mol. The second-order valence-electron chi connectivity index (χ2n) is 8.34. The number of nitrogens with zero attached hydrogens (tertiary/aromatic N) is 1. The summed E-state index contributed by atoms with van der Waals surface area (Å²) in [4.78, 5) is 2.39. The van der Waals surface area contributed by atoms with Crippen LogP contribution in [0.3, 0.4) is 0 Å². The minimum atomic E-state index is -0.103. The molecule has 0 saturated carbocycles. The maximum absolute atomic E-state index is 4.53. The summed E-state index contributed by atoms with van der Waals surface area (Å²) in [6.45, 7) is 17.9. The molecule has 0 spiro atoms. The van der Waals surface area contributed by atoms with Crippen LogP contribution in [0.15, 0.2) is 54.7 Å². The van der Waals surface area contributed by atoms with Gasteiger partial charge in [-0.15, -0.1) is 0 Å². The zero-order valence-corrected chi connectivity index (χ0v) is 16.7. The first kappa shape index (κ1) is 16.9. The lowest BCUT2D eigenvalue weighted by Gasteiger charge is -2.29. The van der Waals surface area contributed by atoms with Crippen molar-refractivity contribution in [1.82, 2.24) is 0 Å². The number of rotatable bonds is 1. The molecule has 1 heteroatoms. The molecule has 0 unspecified atom stereocenters. The van der Waals surface area contributed by atoms with Gasteiger partial charge in [-0.2, -0.15) is 0 Å². The van der Waals surface area contributed by atoms with Crippen molar-refractivity contribution >= 4 is 22.1 Å². The predicted molar refractivity (Wildman–Crippen MR) is 114 cm³/mol. The van der Waals surface area contributed by atoms with Gasteiger partial charge in [-0.25, -0.2) is 0 Å². The van der Waals surface area contributed by atoms with E-state index in [1.54, 1.807) is 0 Å². The zero-order valence-electron chi connectivity index (χ0n) is 16.7. The van der Waals surface area contributed by atoms with Crippen LogP contribution < -0.4 is 4.90 Å². The Labute approximate surface area is 157 Å². The van der Waals surface area contributed by atoms with Crippen molar-refractivity contribution in [2.24, 2.45) is 0 Å². The van der Waals surface area contributed by atoms with Crippen molar-refractivity contribution in [1.29, 1.82) is 0 Å². The van der Waals surface area contributed by atoms with Crippen LogP contribution in [0.25, 0.3) is 10.8 Å². The Hall–Kier alpha value is -2.54. The molecule has 0 aromatic heterocycles. The molecule has 0 radical (unpaired) electrons. The van der Waals surface area contributed by atoms with Crippen LogP contribution in [0.4, 0.5) is 11.4 Å². The van der Waals surface area contributed by atoms with Gasteiger partial charge in [-0.05, 0) is 61.2 Å². The summed E-state index contributed by atoms with van der Waals surface area (Å²) in [6.07, 6.45) is 0. The molecule has 1 heterocycles. The summed E-state index contributed by atoms with van der Waals surface area (Å²) in [5.74, 6) is 0. The molecule has 0 amide bonds. The molecule has 132 valence electrons. The fourth-order valence-corrected chi connectivity index (χ4v) is 4.63. The van der Waals surface area contributed by atoms with Crippen LogP contribution in [0.2, 0.25) is 0 Å². The predicted octanol–water partition coefficient (Wildman–Crippen LogP) is 7.02. The molecule has 3 aromatic carbocycles. The highest BCUT2D eigenvalue weighted by Gasteiger charge is 2.41. The molecule has 1 aliphatic heterocycles. The van der Waals surface area contributed by atoms with E-state index in [1.807, 2.05) is 0 Å². The van der Waals surface area contributed by atoms with E-state index >= 15 is 0 Å². The van der Waals surface area contributed by atoms with Crippen LogP contribution >= 0.6 is 0 Å². The lowest BCUT2D eigenvalue weighted by atomic mass is 9.81. The minimum absolute atomic E-state index is 0.103. The fourth-order valence-electron chi connectivity index (χ4n) is 4.63. The van der Waals surface area contributed by atoms with E-state index in [4.69, 9.17) is 0 Å². The first-order valence-electron chi connectivity index (χ1n) is 9.33. The first-order chi connectivity index (χ1) is 12.2. The van der Waals surface area contributed by atoms with Gasteiger partial charge in [0.15, 0.2) is 0 Å². The second kappa shape index (κ2) is 5.48. The molecule has 0 aliphatic carbocycles. The molecule has 0 atom stereocenters. The third kappa shape index (κ3) is 2.23. The molecule has 0 N–H and O–H groups in total. The van der Waals surface area contributed by atoms with Gasteiger partial charge < -0.3 is 4.90 Å². The van der Waals surface area contributed by atoms with Gasteiger partial charge >= 0.3 is 0 Å². The molecule has 1 nitrogen and oxygen atoms in total. The smallest absolute Gasteiger partial charge is 0.0517 e. The molecule has 1 aliphatic rings. The van der Waals surface area contributed by atoms with Gasteiger partial charge in [0.05, 0.1) is 11.4 Å². The summed E-state index contributed by atoms with van der Waals surface area (Å²) < 4.78 is 0. The van der Waals surface area contributed by atoms with Crippen molar-refractivity contribution in [3.05, 3.63) is 82.6 Å². The Morgan fingerprint density at radius 3 is 2.12 bits per heavy atom. The van der Waals surface area contributed by atoms with Crippen LogP contribution in [-0.4, -0.2) is 0 Å². The Kier molecular flexibility index (Phi) is 3.56. The van der Waals surface area contributed by atoms with Crippen molar-refractivity contribution in [2.75, 3.05) is 4.90 Å². The summed E-state index contributed by atoms with van der Waals surface area (Å²) in [7, 11) is 0. The number of fused-ring (bicyclic) bond motifs is 3. The summed E-state index contributed by atoms with van der Waals surface area (Å²) in [6, 6.07) is 15.8. The molecule has 3 aromatic rings. The molecular weight excluding hydrogens is 314 g/mol. The average Bonchev–Trinajstić information content (AvgIpc) is 2.75. The summed E-state index contributed by atoms with van der Waals surface area (Å²) in [5, 5.41) is 2.65. The normalized spacial score (nSPS) is 15.6.